The van der Waals surface area contributed by atoms with Crippen LogP contribution >= 0.6 is 11.6 Å². The predicted molar refractivity (Wildman–Crippen MR) is 80.5 cm³/mol. The molecule has 0 bridgehead atoms. The van der Waals surface area contributed by atoms with Crippen LogP contribution in [-0.2, 0) is 6.54 Å². The van der Waals surface area contributed by atoms with E-state index in [0.717, 1.165) is 22.0 Å². The highest BCUT2D eigenvalue weighted by molar-refractivity contribution is 6.30. The van der Waals surface area contributed by atoms with Gasteiger partial charge in [-0.2, -0.15) is 0 Å². The van der Waals surface area contributed by atoms with Crippen molar-refractivity contribution < 1.29 is 4.39 Å². The normalized spacial score (nSPS) is 10.7. The molecule has 1 heterocycles. The number of nitrogens with one attached hydrogen (secondary N) is 1. The summed E-state index contributed by atoms with van der Waals surface area (Å²) in [4.78, 5) is 4.14. The second-order valence-corrected chi connectivity index (χ2v) is 4.91. The molecule has 20 heavy (non-hydrogen) atoms. The third-order valence-corrected chi connectivity index (χ3v) is 3.46. The highest BCUT2D eigenvalue weighted by Crippen LogP contribution is 2.23. The van der Waals surface area contributed by atoms with E-state index in [9.17, 15) is 4.39 Å². The van der Waals surface area contributed by atoms with Crippen molar-refractivity contribution in [1.82, 2.24) is 4.98 Å². The fourth-order valence-corrected chi connectivity index (χ4v) is 2.23. The molecule has 1 aromatic heterocycles. The van der Waals surface area contributed by atoms with E-state index in [1.54, 1.807) is 12.3 Å². The smallest absolute Gasteiger partial charge is 0.142 e. The van der Waals surface area contributed by atoms with Gasteiger partial charge in [0.25, 0.3) is 0 Å². The quantitative estimate of drug-likeness (QED) is 0.759. The molecule has 0 saturated heterocycles. The van der Waals surface area contributed by atoms with Gasteiger partial charge in [-0.1, -0.05) is 29.8 Å². The maximum absolute atomic E-state index is 13.4. The summed E-state index contributed by atoms with van der Waals surface area (Å²) < 4.78 is 13.4. The van der Waals surface area contributed by atoms with Gasteiger partial charge in [0.15, 0.2) is 0 Å². The molecule has 0 aliphatic carbocycles. The molecule has 2 aromatic carbocycles. The largest absolute Gasteiger partial charge is 0.380 e. The number of nitrogens with zero attached hydrogens (tertiary/aromatic N) is 1. The Bertz CT molecular complexity index is 753. The number of pyridine rings is 1. The average Bonchev–Trinajstić information content (AvgIpc) is 2.48. The Balaban J connectivity index is 1.85. The molecule has 0 radical (unpaired) electrons. The zero-order valence-electron chi connectivity index (χ0n) is 10.6. The van der Waals surface area contributed by atoms with Crippen LogP contribution in [0.25, 0.3) is 10.8 Å². The molecule has 0 aliphatic rings. The van der Waals surface area contributed by atoms with Crippen LogP contribution in [-0.4, -0.2) is 4.98 Å². The average molecular weight is 287 g/mol. The highest BCUT2D eigenvalue weighted by Gasteiger charge is 2.03. The number of anilines is 1. The minimum absolute atomic E-state index is 0.142. The summed E-state index contributed by atoms with van der Waals surface area (Å²) >= 11 is 5.67. The van der Waals surface area contributed by atoms with Gasteiger partial charge in [0, 0.05) is 30.0 Å². The van der Waals surface area contributed by atoms with Gasteiger partial charge >= 0.3 is 0 Å². The molecule has 0 amide bonds. The number of hydrogen-bond donors (Lipinski definition) is 1. The van der Waals surface area contributed by atoms with Crippen LogP contribution in [0, 0.1) is 5.82 Å². The molecule has 0 aliphatic heterocycles. The molecule has 2 nitrogen and oxygen atoms in total. The van der Waals surface area contributed by atoms with E-state index in [0.29, 0.717) is 6.54 Å². The van der Waals surface area contributed by atoms with Crippen LogP contribution in [0.15, 0.2) is 54.9 Å². The van der Waals surface area contributed by atoms with Crippen LogP contribution in [0.1, 0.15) is 5.56 Å². The monoisotopic (exact) mass is 286 g/mol. The van der Waals surface area contributed by atoms with Crippen molar-refractivity contribution in [2.45, 2.75) is 6.54 Å². The lowest BCUT2D eigenvalue weighted by Gasteiger charge is -2.10. The van der Waals surface area contributed by atoms with Crippen molar-refractivity contribution >= 4 is 28.1 Å². The molecule has 0 spiro atoms. The first-order valence-corrected chi connectivity index (χ1v) is 6.62. The Morgan fingerprint density at radius 2 is 2.05 bits per heavy atom. The lowest BCUT2D eigenvalue weighted by molar-refractivity contribution is 0.626. The predicted octanol–water partition coefficient (Wildman–Crippen LogP) is 4.64. The SMILES string of the molecule is Fc1cc(CNc2cccc3ccncc23)ccc1Cl. The number of fused-ring (bicyclic) bond motifs is 1. The summed E-state index contributed by atoms with van der Waals surface area (Å²) in [7, 11) is 0. The summed E-state index contributed by atoms with van der Waals surface area (Å²) in [5.41, 5.74) is 1.82. The molecule has 3 rings (SSSR count). The van der Waals surface area contributed by atoms with Gasteiger partial charge in [-0.25, -0.2) is 4.39 Å². The van der Waals surface area contributed by atoms with Gasteiger partial charge < -0.3 is 5.32 Å². The lowest BCUT2D eigenvalue weighted by Crippen LogP contribution is -2.00. The Kier molecular flexibility index (Phi) is 3.52. The maximum Gasteiger partial charge on any atom is 0.142 e. The summed E-state index contributed by atoms with van der Waals surface area (Å²) in [6, 6.07) is 12.8. The van der Waals surface area contributed by atoms with Gasteiger partial charge in [0.1, 0.15) is 5.82 Å². The summed E-state index contributed by atoms with van der Waals surface area (Å²) in [5.74, 6) is -0.398. The molecular formula is C16H12ClFN2. The van der Waals surface area contributed by atoms with Crippen LogP contribution in [0.4, 0.5) is 10.1 Å². The van der Waals surface area contributed by atoms with E-state index < -0.39 is 5.82 Å². The molecule has 4 heteroatoms. The van der Waals surface area contributed by atoms with Crippen molar-refractivity contribution in [2.24, 2.45) is 0 Å². The molecule has 0 unspecified atom stereocenters. The number of benzene rings is 2. The Morgan fingerprint density at radius 1 is 1.15 bits per heavy atom. The lowest BCUT2D eigenvalue weighted by atomic mass is 10.1. The molecule has 0 fully saturated rings. The fourth-order valence-electron chi connectivity index (χ4n) is 2.11. The highest BCUT2D eigenvalue weighted by atomic mass is 35.5. The van der Waals surface area contributed by atoms with E-state index in [1.165, 1.54) is 6.07 Å². The van der Waals surface area contributed by atoms with Gasteiger partial charge in [-0.15, -0.1) is 0 Å². The zero-order valence-corrected chi connectivity index (χ0v) is 11.4. The van der Waals surface area contributed by atoms with E-state index in [2.05, 4.69) is 10.3 Å². The Hall–Kier alpha value is -2.13. The molecular weight excluding hydrogens is 275 g/mol. The van der Waals surface area contributed by atoms with Crippen molar-refractivity contribution in [3.63, 3.8) is 0 Å². The third kappa shape index (κ3) is 2.58. The number of halogens is 2. The number of rotatable bonds is 3. The van der Waals surface area contributed by atoms with E-state index >= 15 is 0 Å². The first-order chi connectivity index (χ1) is 9.74. The third-order valence-electron chi connectivity index (χ3n) is 3.15. The first kappa shape index (κ1) is 12.9. The number of hydrogen-bond acceptors (Lipinski definition) is 2. The maximum atomic E-state index is 13.4. The Labute approximate surface area is 121 Å². The van der Waals surface area contributed by atoms with Gasteiger partial charge in [0.2, 0.25) is 0 Å². The van der Waals surface area contributed by atoms with E-state index in [4.69, 9.17) is 11.6 Å². The van der Waals surface area contributed by atoms with Crippen molar-refractivity contribution in [2.75, 3.05) is 5.32 Å². The Morgan fingerprint density at radius 3 is 2.90 bits per heavy atom. The standard InChI is InChI=1S/C16H12ClFN2/c17-14-5-4-11(8-15(14)18)9-20-16-3-1-2-12-6-7-19-10-13(12)16/h1-8,10,20H,9H2. The van der Waals surface area contributed by atoms with Gasteiger partial charge in [0.05, 0.1) is 5.02 Å². The van der Waals surface area contributed by atoms with Crippen molar-refractivity contribution in [1.29, 1.82) is 0 Å². The second kappa shape index (κ2) is 5.47. The minimum Gasteiger partial charge on any atom is -0.380 e. The second-order valence-electron chi connectivity index (χ2n) is 4.50. The molecule has 1 N–H and O–H groups in total. The van der Waals surface area contributed by atoms with Crippen LogP contribution in [0.5, 0.6) is 0 Å². The molecule has 100 valence electrons. The summed E-state index contributed by atoms with van der Waals surface area (Å²) in [6.45, 7) is 0.530. The van der Waals surface area contributed by atoms with Crippen LogP contribution < -0.4 is 5.32 Å². The minimum atomic E-state index is -0.398. The van der Waals surface area contributed by atoms with Crippen LogP contribution in [0.2, 0.25) is 5.02 Å². The van der Waals surface area contributed by atoms with E-state index in [-0.39, 0.29) is 5.02 Å². The van der Waals surface area contributed by atoms with Gasteiger partial charge in [-0.3, -0.25) is 4.98 Å². The summed E-state index contributed by atoms with van der Waals surface area (Å²) in [6.07, 6.45) is 3.58. The molecule has 0 atom stereocenters. The zero-order chi connectivity index (χ0) is 13.9. The fraction of sp³-hybridized carbons (Fsp3) is 0.0625. The van der Waals surface area contributed by atoms with Crippen molar-refractivity contribution in [3.05, 3.63) is 71.3 Å². The van der Waals surface area contributed by atoms with Crippen LogP contribution in [0.3, 0.4) is 0 Å². The number of aromatic nitrogens is 1. The van der Waals surface area contributed by atoms with Crippen molar-refractivity contribution in [3.8, 4) is 0 Å². The van der Waals surface area contributed by atoms with E-state index in [1.807, 2.05) is 36.5 Å². The van der Waals surface area contributed by atoms with Gasteiger partial charge in [-0.05, 0) is 35.2 Å². The summed E-state index contributed by atoms with van der Waals surface area (Å²) in [5, 5.41) is 5.61. The first-order valence-electron chi connectivity index (χ1n) is 6.24. The topological polar surface area (TPSA) is 24.9 Å². The molecule has 3 aromatic rings. The molecule has 0 saturated carbocycles.